The molecule has 1 aromatic heterocycles. The molecular formula is C15H11BFN3O. The number of nitrogen functional groups attached to an aromatic ring is 1. The number of rotatable bonds is 2. The van der Waals surface area contributed by atoms with Crippen molar-refractivity contribution in [1.82, 2.24) is 10.2 Å². The van der Waals surface area contributed by atoms with E-state index >= 15 is 0 Å². The zero-order valence-electron chi connectivity index (χ0n) is 11.1. The van der Waals surface area contributed by atoms with Gasteiger partial charge in [0, 0.05) is 17.5 Å². The van der Waals surface area contributed by atoms with Gasteiger partial charge in [-0.1, -0.05) is 23.7 Å². The zero-order valence-corrected chi connectivity index (χ0v) is 11.1. The first-order valence-corrected chi connectivity index (χ1v) is 6.36. The first-order valence-electron chi connectivity index (χ1n) is 6.36. The van der Waals surface area contributed by atoms with Crippen LogP contribution in [0.15, 0.2) is 41.2 Å². The number of aromatic amines is 1. The van der Waals surface area contributed by atoms with E-state index in [4.69, 9.17) is 13.6 Å². The number of hydrogen-bond donors (Lipinski definition) is 2. The summed E-state index contributed by atoms with van der Waals surface area (Å²) in [5, 5.41) is 7.61. The van der Waals surface area contributed by atoms with E-state index in [1.807, 2.05) is 0 Å². The lowest BCUT2D eigenvalue weighted by Gasteiger charge is -2.08. The van der Waals surface area contributed by atoms with Crippen molar-refractivity contribution >= 4 is 29.8 Å². The van der Waals surface area contributed by atoms with Crippen molar-refractivity contribution in [1.29, 1.82) is 0 Å². The van der Waals surface area contributed by atoms with Crippen LogP contribution in [0.5, 0.6) is 0 Å². The summed E-state index contributed by atoms with van der Waals surface area (Å²) in [6.07, 6.45) is 0.395. The minimum absolute atomic E-state index is 0.0780. The maximum atomic E-state index is 13.2. The predicted octanol–water partition coefficient (Wildman–Crippen LogP) is 1.03. The second-order valence-electron chi connectivity index (χ2n) is 4.80. The molecule has 2 aromatic carbocycles. The van der Waals surface area contributed by atoms with Crippen molar-refractivity contribution in [3.63, 3.8) is 0 Å². The van der Waals surface area contributed by atoms with Gasteiger partial charge in [0.15, 0.2) is 0 Å². The number of benzene rings is 2. The molecule has 0 aliphatic rings. The number of nitrogens with one attached hydrogen (secondary N) is 1. The molecule has 1 heterocycles. The second-order valence-corrected chi connectivity index (χ2v) is 4.80. The monoisotopic (exact) mass is 279 g/mol. The van der Waals surface area contributed by atoms with Crippen LogP contribution in [-0.4, -0.2) is 18.0 Å². The zero-order chi connectivity index (χ0) is 15.0. The molecule has 102 valence electrons. The van der Waals surface area contributed by atoms with Gasteiger partial charge >= 0.3 is 0 Å². The van der Waals surface area contributed by atoms with Gasteiger partial charge in [-0.05, 0) is 23.8 Å². The standard InChI is InChI=1S/C15H11BFN3O/c16-10-6-8(4-5-11(10)17)7-13-14-9(15(21)20-19-13)2-1-3-12(14)18/h1-6H,7,18H2,(H,20,21). The summed E-state index contributed by atoms with van der Waals surface area (Å²) in [7, 11) is 5.56. The minimum Gasteiger partial charge on any atom is -0.398 e. The quantitative estimate of drug-likeness (QED) is 0.543. The van der Waals surface area contributed by atoms with Crippen molar-refractivity contribution in [2.45, 2.75) is 6.42 Å². The first-order chi connectivity index (χ1) is 10.1. The molecule has 0 atom stereocenters. The number of hydrogen-bond acceptors (Lipinski definition) is 3. The molecule has 0 fully saturated rings. The Morgan fingerprint density at radius 1 is 1.29 bits per heavy atom. The van der Waals surface area contributed by atoms with Gasteiger partial charge in [0.2, 0.25) is 0 Å². The normalized spacial score (nSPS) is 10.9. The Hall–Kier alpha value is -2.63. The van der Waals surface area contributed by atoms with Crippen LogP contribution in [-0.2, 0) is 6.42 Å². The number of nitrogens with two attached hydrogens (primary N) is 1. The molecule has 0 unspecified atom stereocenters. The summed E-state index contributed by atoms with van der Waals surface area (Å²) in [4.78, 5) is 11.8. The van der Waals surface area contributed by atoms with Crippen LogP contribution < -0.4 is 16.8 Å². The highest BCUT2D eigenvalue weighted by molar-refractivity contribution is 6.32. The number of halogens is 1. The summed E-state index contributed by atoms with van der Waals surface area (Å²) < 4.78 is 13.2. The van der Waals surface area contributed by atoms with Crippen LogP contribution in [0, 0.1) is 5.82 Å². The van der Waals surface area contributed by atoms with Gasteiger partial charge in [0.05, 0.1) is 11.1 Å². The maximum Gasteiger partial charge on any atom is 0.272 e. The van der Waals surface area contributed by atoms with Crippen LogP contribution in [0.4, 0.5) is 10.1 Å². The van der Waals surface area contributed by atoms with E-state index in [9.17, 15) is 9.18 Å². The topological polar surface area (TPSA) is 71.8 Å². The Morgan fingerprint density at radius 2 is 2.10 bits per heavy atom. The SMILES string of the molecule is [B]c1cc(Cc2n[nH]c(=O)c3cccc(N)c23)ccc1F. The fraction of sp³-hybridized carbons (Fsp3) is 0.0667. The minimum atomic E-state index is -0.461. The molecule has 0 saturated heterocycles. The molecule has 6 heteroatoms. The molecule has 0 aliphatic carbocycles. The Balaban J connectivity index is 2.15. The van der Waals surface area contributed by atoms with Crippen LogP contribution in [0.2, 0.25) is 0 Å². The van der Waals surface area contributed by atoms with Crippen molar-refractivity contribution in [2.75, 3.05) is 5.73 Å². The van der Waals surface area contributed by atoms with E-state index in [-0.39, 0.29) is 11.0 Å². The van der Waals surface area contributed by atoms with Crippen LogP contribution >= 0.6 is 0 Å². The van der Waals surface area contributed by atoms with Crippen LogP contribution in [0.3, 0.4) is 0 Å². The highest BCUT2D eigenvalue weighted by Crippen LogP contribution is 2.22. The number of anilines is 1. The molecule has 2 radical (unpaired) electrons. The van der Waals surface area contributed by atoms with Gasteiger partial charge < -0.3 is 5.73 Å². The summed E-state index contributed by atoms with van der Waals surface area (Å²) in [5.74, 6) is -0.461. The average Bonchev–Trinajstić information content (AvgIpc) is 2.46. The van der Waals surface area contributed by atoms with E-state index in [1.165, 1.54) is 6.07 Å². The molecule has 3 rings (SSSR count). The van der Waals surface area contributed by atoms with Crippen molar-refractivity contribution < 1.29 is 4.39 Å². The smallest absolute Gasteiger partial charge is 0.272 e. The Bertz CT molecular complexity index is 892. The number of nitrogens with zero attached hydrogens (tertiary/aromatic N) is 1. The van der Waals surface area contributed by atoms with E-state index < -0.39 is 5.82 Å². The van der Waals surface area contributed by atoms with Crippen LogP contribution in [0.1, 0.15) is 11.3 Å². The lowest BCUT2D eigenvalue weighted by atomic mass is 9.92. The largest absolute Gasteiger partial charge is 0.398 e. The Kier molecular flexibility index (Phi) is 3.21. The summed E-state index contributed by atoms with van der Waals surface area (Å²) in [6.45, 7) is 0. The predicted molar refractivity (Wildman–Crippen MR) is 81.4 cm³/mol. The second kappa shape index (κ2) is 5.05. The molecule has 0 spiro atoms. The number of aromatic nitrogens is 2. The molecule has 0 aliphatic heterocycles. The van der Waals surface area contributed by atoms with Crippen molar-refractivity contribution in [3.05, 3.63) is 63.8 Å². The summed E-state index contributed by atoms with van der Waals surface area (Å²) >= 11 is 0. The van der Waals surface area contributed by atoms with Crippen molar-refractivity contribution in [3.8, 4) is 0 Å². The lowest BCUT2D eigenvalue weighted by molar-refractivity contribution is 0.635. The molecule has 0 bridgehead atoms. The molecule has 3 N–H and O–H groups in total. The van der Waals surface area contributed by atoms with Gasteiger partial charge in [0.1, 0.15) is 13.7 Å². The van der Waals surface area contributed by atoms with Crippen LogP contribution in [0.25, 0.3) is 10.8 Å². The van der Waals surface area contributed by atoms with Gasteiger partial charge in [-0.2, -0.15) is 5.10 Å². The number of H-pyrrole nitrogens is 1. The maximum absolute atomic E-state index is 13.2. The molecule has 3 aromatic rings. The van der Waals surface area contributed by atoms with E-state index in [1.54, 1.807) is 30.3 Å². The summed E-state index contributed by atoms with van der Waals surface area (Å²) in [6, 6.07) is 9.60. The molecule has 4 nitrogen and oxygen atoms in total. The highest BCUT2D eigenvalue weighted by Gasteiger charge is 2.10. The fourth-order valence-corrected chi connectivity index (χ4v) is 2.34. The number of fused-ring (bicyclic) bond motifs is 1. The van der Waals surface area contributed by atoms with E-state index in [0.717, 1.165) is 5.56 Å². The average molecular weight is 279 g/mol. The third-order valence-electron chi connectivity index (χ3n) is 3.35. The van der Waals surface area contributed by atoms with Gasteiger partial charge in [-0.3, -0.25) is 4.79 Å². The third kappa shape index (κ3) is 2.40. The molecule has 21 heavy (non-hydrogen) atoms. The van der Waals surface area contributed by atoms with E-state index in [0.29, 0.717) is 28.6 Å². The Morgan fingerprint density at radius 3 is 2.86 bits per heavy atom. The summed E-state index contributed by atoms with van der Waals surface area (Å²) in [5.41, 5.74) is 7.63. The van der Waals surface area contributed by atoms with Gasteiger partial charge in [-0.15, -0.1) is 0 Å². The molecular weight excluding hydrogens is 268 g/mol. The first kappa shape index (κ1) is 13.4. The van der Waals surface area contributed by atoms with E-state index in [2.05, 4.69) is 10.2 Å². The third-order valence-corrected chi connectivity index (χ3v) is 3.35. The molecule has 0 amide bonds. The highest BCUT2D eigenvalue weighted by atomic mass is 19.1. The lowest BCUT2D eigenvalue weighted by Crippen LogP contribution is -2.13. The van der Waals surface area contributed by atoms with Gasteiger partial charge in [0.25, 0.3) is 5.56 Å². The fourth-order valence-electron chi connectivity index (χ4n) is 2.34. The Labute approximate surface area is 121 Å². The van der Waals surface area contributed by atoms with Crippen molar-refractivity contribution in [2.24, 2.45) is 0 Å². The van der Waals surface area contributed by atoms with Gasteiger partial charge in [-0.25, -0.2) is 9.49 Å². The molecule has 0 saturated carbocycles.